The Kier molecular flexibility index (Phi) is 2.90. The van der Waals surface area contributed by atoms with Crippen LogP contribution < -0.4 is 0 Å². The predicted octanol–water partition coefficient (Wildman–Crippen LogP) is 1.69. The second kappa shape index (κ2) is 3.94. The van der Waals surface area contributed by atoms with Gasteiger partial charge in [-0.05, 0) is 25.1 Å². The summed E-state index contributed by atoms with van der Waals surface area (Å²) in [6, 6.07) is 3.69. The summed E-state index contributed by atoms with van der Waals surface area (Å²) in [5.41, 5.74) is 0. The minimum atomic E-state index is -0.0472. The van der Waals surface area contributed by atoms with Crippen molar-refractivity contribution in [2.24, 2.45) is 0 Å². The van der Waals surface area contributed by atoms with Gasteiger partial charge in [-0.2, -0.15) is 0 Å². The van der Waals surface area contributed by atoms with Crippen LogP contribution in [0.25, 0.3) is 6.08 Å². The molecule has 0 aliphatic carbocycles. The first-order valence-electron chi connectivity index (χ1n) is 4.05. The summed E-state index contributed by atoms with van der Waals surface area (Å²) in [7, 11) is 3.42. The minimum Gasteiger partial charge on any atom is -0.462 e. The quantitative estimate of drug-likeness (QED) is 0.647. The third-order valence-electron chi connectivity index (χ3n) is 1.59. The van der Waals surface area contributed by atoms with E-state index in [-0.39, 0.29) is 5.91 Å². The van der Waals surface area contributed by atoms with Gasteiger partial charge in [-0.1, -0.05) is 0 Å². The van der Waals surface area contributed by atoms with E-state index in [9.17, 15) is 4.79 Å². The van der Waals surface area contributed by atoms with E-state index in [4.69, 9.17) is 4.42 Å². The molecule has 1 amide bonds. The molecule has 1 aromatic rings. The molecule has 3 heteroatoms. The first kappa shape index (κ1) is 9.58. The number of likely N-dealkylation sites (N-methyl/N-ethyl adjacent to an activating group) is 1. The van der Waals surface area contributed by atoms with Crippen LogP contribution in [0.3, 0.4) is 0 Å². The molecule has 0 saturated heterocycles. The van der Waals surface area contributed by atoms with Gasteiger partial charge in [0.1, 0.15) is 11.5 Å². The van der Waals surface area contributed by atoms with Crippen LogP contribution in [0.15, 0.2) is 22.6 Å². The minimum absolute atomic E-state index is 0.0472. The Morgan fingerprint density at radius 2 is 2.15 bits per heavy atom. The molecule has 0 spiro atoms. The molecule has 0 radical (unpaired) electrons. The Morgan fingerprint density at radius 3 is 2.62 bits per heavy atom. The first-order valence-corrected chi connectivity index (χ1v) is 4.05. The molecule has 0 unspecified atom stereocenters. The second-order valence-corrected chi connectivity index (χ2v) is 3.01. The van der Waals surface area contributed by atoms with Crippen LogP contribution in [0.5, 0.6) is 0 Å². The smallest absolute Gasteiger partial charge is 0.246 e. The van der Waals surface area contributed by atoms with Crippen molar-refractivity contribution in [3.63, 3.8) is 0 Å². The Labute approximate surface area is 77.6 Å². The van der Waals surface area contributed by atoms with Crippen LogP contribution in [0.1, 0.15) is 11.5 Å². The van der Waals surface area contributed by atoms with Gasteiger partial charge in [-0.25, -0.2) is 0 Å². The SMILES string of the molecule is Cc1ccc(/C=C/C(=O)N(C)C)o1. The van der Waals surface area contributed by atoms with Crippen molar-refractivity contribution in [2.75, 3.05) is 14.1 Å². The highest BCUT2D eigenvalue weighted by Crippen LogP contribution is 2.07. The van der Waals surface area contributed by atoms with Gasteiger partial charge in [0, 0.05) is 20.2 Å². The zero-order valence-corrected chi connectivity index (χ0v) is 8.07. The number of amides is 1. The van der Waals surface area contributed by atoms with Gasteiger partial charge in [0.15, 0.2) is 0 Å². The van der Waals surface area contributed by atoms with Crippen molar-refractivity contribution < 1.29 is 9.21 Å². The topological polar surface area (TPSA) is 33.5 Å². The molecular weight excluding hydrogens is 166 g/mol. The third kappa shape index (κ3) is 2.78. The summed E-state index contributed by atoms with van der Waals surface area (Å²) in [6.45, 7) is 1.87. The number of carbonyl (C=O) groups is 1. The maximum atomic E-state index is 11.1. The Hall–Kier alpha value is -1.51. The lowest BCUT2D eigenvalue weighted by molar-refractivity contribution is -0.123. The molecule has 70 valence electrons. The van der Waals surface area contributed by atoms with Gasteiger partial charge in [0.2, 0.25) is 5.91 Å². The van der Waals surface area contributed by atoms with Crippen molar-refractivity contribution in [3.8, 4) is 0 Å². The number of hydrogen-bond donors (Lipinski definition) is 0. The van der Waals surface area contributed by atoms with E-state index in [1.165, 1.54) is 11.0 Å². The monoisotopic (exact) mass is 179 g/mol. The number of nitrogens with zero attached hydrogens (tertiary/aromatic N) is 1. The fourth-order valence-corrected chi connectivity index (χ4v) is 0.845. The van der Waals surface area contributed by atoms with Crippen LogP contribution in [-0.4, -0.2) is 24.9 Å². The Balaban J connectivity index is 2.64. The summed E-state index contributed by atoms with van der Waals surface area (Å²) in [6.07, 6.45) is 3.15. The molecule has 0 saturated carbocycles. The molecule has 0 N–H and O–H groups in total. The molecule has 0 fully saturated rings. The maximum Gasteiger partial charge on any atom is 0.246 e. The molecule has 3 nitrogen and oxygen atoms in total. The molecule has 0 bridgehead atoms. The molecule has 1 aromatic heterocycles. The van der Waals surface area contributed by atoms with Crippen molar-refractivity contribution in [1.29, 1.82) is 0 Å². The van der Waals surface area contributed by atoms with E-state index < -0.39 is 0 Å². The summed E-state index contributed by atoms with van der Waals surface area (Å²) in [4.78, 5) is 12.6. The highest BCUT2D eigenvalue weighted by Gasteiger charge is 1.98. The molecule has 0 aliphatic rings. The van der Waals surface area contributed by atoms with Crippen LogP contribution in [-0.2, 0) is 4.79 Å². The fourth-order valence-electron chi connectivity index (χ4n) is 0.845. The number of hydrogen-bond acceptors (Lipinski definition) is 2. The number of furan rings is 1. The van der Waals surface area contributed by atoms with E-state index in [1.54, 1.807) is 20.2 Å². The number of aryl methyl sites for hydroxylation is 1. The zero-order chi connectivity index (χ0) is 9.84. The van der Waals surface area contributed by atoms with Crippen LogP contribution in [0.2, 0.25) is 0 Å². The van der Waals surface area contributed by atoms with Gasteiger partial charge in [0.25, 0.3) is 0 Å². The lowest BCUT2D eigenvalue weighted by atomic mass is 10.4. The van der Waals surface area contributed by atoms with E-state index in [0.717, 1.165) is 5.76 Å². The Bertz CT molecular complexity index is 323. The standard InChI is InChI=1S/C10H13NO2/c1-8-4-5-9(13-8)6-7-10(12)11(2)3/h4-7H,1-3H3/b7-6+. The molecular formula is C10H13NO2. The van der Waals surface area contributed by atoms with Gasteiger partial charge in [0.05, 0.1) is 0 Å². The maximum absolute atomic E-state index is 11.1. The molecule has 1 rings (SSSR count). The fraction of sp³-hybridized carbons (Fsp3) is 0.300. The van der Waals surface area contributed by atoms with Crippen molar-refractivity contribution in [2.45, 2.75) is 6.92 Å². The molecule has 13 heavy (non-hydrogen) atoms. The normalized spacial score (nSPS) is 10.7. The van der Waals surface area contributed by atoms with Gasteiger partial charge in [-0.3, -0.25) is 4.79 Å². The molecule has 0 aromatic carbocycles. The molecule has 1 heterocycles. The van der Waals surface area contributed by atoms with Crippen molar-refractivity contribution >= 4 is 12.0 Å². The van der Waals surface area contributed by atoms with E-state index in [0.29, 0.717) is 5.76 Å². The van der Waals surface area contributed by atoms with Crippen LogP contribution >= 0.6 is 0 Å². The van der Waals surface area contributed by atoms with E-state index in [2.05, 4.69) is 0 Å². The highest BCUT2D eigenvalue weighted by molar-refractivity contribution is 5.90. The van der Waals surface area contributed by atoms with E-state index >= 15 is 0 Å². The lowest BCUT2D eigenvalue weighted by Crippen LogP contribution is -2.18. The largest absolute Gasteiger partial charge is 0.462 e. The first-order chi connectivity index (χ1) is 6.09. The van der Waals surface area contributed by atoms with Gasteiger partial charge >= 0.3 is 0 Å². The Morgan fingerprint density at radius 1 is 1.46 bits per heavy atom. The zero-order valence-electron chi connectivity index (χ0n) is 8.07. The number of rotatable bonds is 2. The molecule has 0 atom stereocenters. The average Bonchev–Trinajstić information content (AvgIpc) is 2.47. The summed E-state index contributed by atoms with van der Waals surface area (Å²) < 4.78 is 5.26. The summed E-state index contributed by atoms with van der Waals surface area (Å²) >= 11 is 0. The second-order valence-electron chi connectivity index (χ2n) is 3.01. The molecule has 0 aliphatic heterocycles. The van der Waals surface area contributed by atoms with Crippen LogP contribution in [0, 0.1) is 6.92 Å². The predicted molar refractivity (Wildman–Crippen MR) is 51.2 cm³/mol. The number of carbonyl (C=O) groups excluding carboxylic acids is 1. The summed E-state index contributed by atoms with van der Waals surface area (Å²) in [5.74, 6) is 1.50. The van der Waals surface area contributed by atoms with Gasteiger partial charge < -0.3 is 9.32 Å². The summed E-state index contributed by atoms with van der Waals surface area (Å²) in [5, 5.41) is 0. The van der Waals surface area contributed by atoms with Crippen molar-refractivity contribution in [1.82, 2.24) is 4.90 Å². The third-order valence-corrected chi connectivity index (χ3v) is 1.59. The van der Waals surface area contributed by atoms with Crippen LogP contribution in [0.4, 0.5) is 0 Å². The average molecular weight is 179 g/mol. The highest BCUT2D eigenvalue weighted by atomic mass is 16.3. The van der Waals surface area contributed by atoms with E-state index in [1.807, 2.05) is 19.1 Å². The van der Waals surface area contributed by atoms with Gasteiger partial charge in [-0.15, -0.1) is 0 Å². The van der Waals surface area contributed by atoms with Crippen molar-refractivity contribution in [3.05, 3.63) is 29.7 Å². The lowest BCUT2D eigenvalue weighted by Gasteiger charge is -2.04.